The Labute approximate surface area is 110 Å². The topological polar surface area (TPSA) is 31.4 Å². The van der Waals surface area contributed by atoms with E-state index >= 15 is 0 Å². The monoisotopic (exact) mass is 248 g/mol. The number of likely N-dealkylation sites (N-methyl/N-ethyl adjacent to an activating group) is 1. The van der Waals surface area contributed by atoms with E-state index in [4.69, 9.17) is 0 Å². The first-order valence-electron chi connectivity index (χ1n) is 6.88. The Hall–Kier alpha value is -1.13. The molecule has 18 heavy (non-hydrogen) atoms. The molecule has 0 aromatic carbocycles. The highest BCUT2D eigenvalue weighted by molar-refractivity contribution is 5.41. The van der Waals surface area contributed by atoms with E-state index in [9.17, 15) is 0 Å². The van der Waals surface area contributed by atoms with Gasteiger partial charge in [0.15, 0.2) is 0 Å². The molecule has 1 fully saturated rings. The second-order valence-corrected chi connectivity index (χ2v) is 4.95. The summed E-state index contributed by atoms with van der Waals surface area (Å²) in [7, 11) is 2.19. The molecule has 1 aromatic rings. The molecule has 2 rings (SSSR count). The van der Waals surface area contributed by atoms with Crippen LogP contribution in [-0.2, 0) is 6.54 Å². The number of anilines is 1. The molecule has 1 saturated heterocycles. The third kappa shape index (κ3) is 3.68. The van der Waals surface area contributed by atoms with Crippen molar-refractivity contribution in [1.82, 2.24) is 15.2 Å². The fraction of sp³-hybridized carbons (Fsp3) is 0.643. The lowest BCUT2D eigenvalue weighted by Gasteiger charge is -2.22. The van der Waals surface area contributed by atoms with Crippen LogP contribution < -0.4 is 10.2 Å². The Bertz CT molecular complexity index is 367. The number of nitrogens with one attached hydrogen (secondary N) is 1. The molecule has 0 bridgehead atoms. The van der Waals surface area contributed by atoms with Crippen molar-refractivity contribution in [2.75, 3.05) is 44.7 Å². The van der Waals surface area contributed by atoms with Crippen molar-refractivity contribution in [2.45, 2.75) is 19.9 Å². The van der Waals surface area contributed by atoms with E-state index in [2.05, 4.69) is 46.2 Å². The van der Waals surface area contributed by atoms with Crippen LogP contribution in [0.15, 0.2) is 18.3 Å². The van der Waals surface area contributed by atoms with Gasteiger partial charge < -0.3 is 15.1 Å². The summed E-state index contributed by atoms with van der Waals surface area (Å²) in [6, 6.07) is 4.31. The summed E-state index contributed by atoms with van der Waals surface area (Å²) in [4.78, 5) is 9.31. The molecule has 0 amide bonds. The van der Waals surface area contributed by atoms with Crippen LogP contribution in [0.3, 0.4) is 0 Å². The van der Waals surface area contributed by atoms with Crippen molar-refractivity contribution in [3.63, 3.8) is 0 Å². The average molecular weight is 248 g/mol. The van der Waals surface area contributed by atoms with Crippen LogP contribution in [0.4, 0.5) is 5.82 Å². The predicted molar refractivity (Wildman–Crippen MR) is 75.9 cm³/mol. The van der Waals surface area contributed by atoms with Crippen LogP contribution in [0.5, 0.6) is 0 Å². The van der Waals surface area contributed by atoms with Crippen molar-refractivity contribution in [2.24, 2.45) is 0 Å². The van der Waals surface area contributed by atoms with Crippen LogP contribution in [0, 0.1) is 0 Å². The largest absolute Gasteiger partial charge is 0.355 e. The molecule has 0 aliphatic carbocycles. The highest BCUT2D eigenvalue weighted by Gasteiger charge is 2.13. The molecule has 0 unspecified atom stereocenters. The SMILES string of the molecule is CCNCc1ccnc(N2CCCN(C)CC2)c1. The molecule has 1 N–H and O–H groups in total. The normalized spacial score (nSPS) is 17.8. The summed E-state index contributed by atoms with van der Waals surface area (Å²) in [6.07, 6.45) is 3.15. The highest BCUT2D eigenvalue weighted by atomic mass is 15.2. The van der Waals surface area contributed by atoms with Gasteiger partial charge in [0.1, 0.15) is 5.82 Å². The first kappa shape index (κ1) is 13.3. The molecular formula is C14H24N4. The van der Waals surface area contributed by atoms with Crippen molar-refractivity contribution in [3.05, 3.63) is 23.9 Å². The molecular weight excluding hydrogens is 224 g/mol. The summed E-state index contributed by atoms with van der Waals surface area (Å²) in [5.74, 6) is 1.13. The Kier molecular flexibility index (Phi) is 4.96. The van der Waals surface area contributed by atoms with Crippen LogP contribution >= 0.6 is 0 Å². The Morgan fingerprint density at radius 2 is 2.17 bits per heavy atom. The van der Waals surface area contributed by atoms with Crippen molar-refractivity contribution < 1.29 is 0 Å². The lowest BCUT2D eigenvalue weighted by Crippen LogP contribution is -2.29. The Morgan fingerprint density at radius 1 is 1.28 bits per heavy atom. The van der Waals surface area contributed by atoms with Crippen LogP contribution in [-0.4, -0.2) is 49.7 Å². The van der Waals surface area contributed by atoms with Gasteiger partial charge in [-0.2, -0.15) is 0 Å². The van der Waals surface area contributed by atoms with E-state index in [1.165, 1.54) is 18.5 Å². The van der Waals surface area contributed by atoms with Gasteiger partial charge in [0.2, 0.25) is 0 Å². The zero-order valence-electron chi connectivity index (χ0n) is 11.5. The van der Waals surface area contributed by atoms with Gasteiger partial charge in [-0.3, -0.25) is 0 Å². The molecule has 1 aromatic heterocycles. The van der Waals surface area contributed by atoms with Crippen LogP contribution in [0.1, 0.15) is 18.9 Å². The first-order chi connectivity index (χ1) is 8.79. The maximum Gasteiger partial charge on any atom is 0.128 e. The second-order valence-electron chi connectivity index (χ2n) is 4.95. The molecule has 2 heterocycles. The van der Waals surface area contributed by atoms with Gasteiger partial charge in [-0.1, -0.05) is 6.92 Å². The standard InChI is InChI=1S/C14H24N4/c1-3-15-12-13-5-6-16-14(11-13)18-8-4-7-17(2)9-10-18/h5-6,11,15H,3-4,7-10,12H2,1-2H3. The third-order valence-electron chi connectivity index (χ3n) is 3.43. The van der Waals surface area contributed by atoms with Crippen molar-refractivity contribution >= 4 is 5.82 Å². The number of aromatic nitrogens is 1. The summed E-state index contributed by atoms with van der Waals surface area (Å²) < 4.78 is 0. The number of nitrogens with zero attached hydrogens (tertiary/aromatic N) is 3. The quantitative estimate of drug-likeness (QED) is 0.871. The van der Waals surface area contributed by atoms with E-state index in [0.29, 0.717) is 0 Å². The lowest BCUT2D eigenvalue weighted by atomic mass is 10.2. The first-order valence-corrected chi connectivity index (χ1v) is 6.88. The minimum Gasteiger partial charge on any atom is -0.355 e. The van der Waals surface area contributed by atoms with Gasteiger partial charge >= 0.3 is 0 Å². The number of hydrogen-bond acceptors (Lipinski definition) is 4. The summed E-state index contributed by atoms with van der Waals surface area (Å²) in [5.41, 5.74) is 1.32. The summed E-state index contributed by atoms with van der Waals surface area (Å²) in [5, 5.41) is 3.36. The van der Waals surface area contributed by atoms with Gasteiger partial charge in [-0.15, -0.1) is 0 Å². The molecule has 0 atom stereocenters. The molecule has 1 aliphatic heterocycles. The van der Waals surface area contributed by atoms with Gasteiger partial charge in [-0.25, -0.2) is 4.98 Å². The maximum atomic E-state index is 4.52. The van der Waals surface area contributed by atoms with Crippen molar-refractivity contribution in [3.8, 4) is 0 Å². The molecule has 0 saturated carbocycles. The lowest BCUT2D eigenvalue weighted by molar-refractivity contribution is 0.360. The fourth-order valence-corrected chi connectivity index (χ4v) is 2.29. The number of pyridine rings is 1. The zero-order valence-corrected chi connectivity index (χ0v) is 11.5. The Morgan fingerprint density at radius 3 is 3.00 bits per heavy atom. The minimum atomic E-state index is 0.930. The zero-order chi connectivity index (χ0) is 12.8. The highest BCUT2D eigenvalue weighted by Crippen LogP contribution is 2.14. The summed E-state index contributed by atoms with van der Waals surface area (Å²) >= 11 is 0. The molecule has 100 valence electrons. The van der Waals surface area contributed by atoms with E-state index in [1.807, 2.05) is 6.20 Å². The molecule has 0 radical (unpaired) electrons. The predicted octanol–water partition coefficient (Wildman–Crippen LogP) is 1.33. The number of rotatable bonds is 4. The number of hydrogen-bond donors (Lipinski definition) is 1. The molecule has 1 aliphatic rings. The smallest absolute Gasteiger partial charge is 0.128 e. The van der Waals surface area contributed by atoms with E-state index in [1.54, 1.807) is 0 Å². The van der Waals surface area contributed by atoms with Crippen LogP contribution in [0.2, 0.25) is 0 Å². The van der Waals surface area contributed by atoms with E-state index < -0.39 is 0 Å². The van der Waals surface area contributed by atoms with Gasteiger partial charge in [-0.05, 0) is 44.3 Å². The maximum absolute atomic E-state index is 4.52. The van der Waals surface area contributed by atoms with Gasteiger partial charge in [0.05, 0.1) is 0 Å². The average Bonchev–Trinajstić information content (AvgIpc) is 2.61. The third-order valence-corrected chi connectivity index (χ3v) is 3.43. The van der Waals surface area contributed by atoms with Gasteiger partial charge in [0.25, 0.3) is 0 Å². The minimum absolute atomic E-state index is 0.930. The molecule has 4 heteroatoms. The Balaban J connectivity index is 2.02. The molecule has 4 nitrogen and oxygen atoms in total. The second kappa shape index (κ2) is 6.71. The van der Waals surface area contributed by atoms with Crippen LogP contribution in [0.25, 0.3) is 0 Å². The van der Waals surface area contributed by atoms with Gasteiger partial charge in [0, 0.05) is 32.4 Å². The van der Waals surface area contributed by atoms with Crippen molar-refractivity contribution in [1.29, 1.82) is 0 Å². The fourth-order valence-electron chi connectivity index (χ4n) is 2.29. The summed E-state index contributed by atoms with van der Waals surface area (Å²) in [6.45, 7) is 8.57. The van der Waals surface area contributed by atoms with E-state index in [-0.39, 0.29) is 0 Å². The van der Waals surface area contributed by atoms with E-state index in [0.717, 1.165) is 38.5 Å². The molecule has 0 spiro atoms.